The highest BCUT2D eigenvalue weighted by Crippen LogP contribution is 2.02. The maximum absolute atomic E-state index is 11.4. The molecule has 1 N–H and O–H groups in total. The number of likely N-dealkylation sites (N-methyl/N-ethyl adjacent to an activating group) is 1. The van der Waals surface area contributed by atoms with Crippen molar-refractivity contribution < 1.29 is 9.90 Å². The van der Waals surface area contributed by atoms with Crippen LogP contribution < -0.4 is 0 Å². The Bertz CT molecular complexity index is 142. The number of carbonyl (C=O) groups excluding carboxylic acids is 1. The molecule has 0 saturated heterocycles. The molecule has 4 heteroatoms. The summed E-state index contributed by atoms with van der Waals surface area (Å²) in [6.45, 7) is 3.13. The number of alkyl halides is 1. The molecule has 0 aliphatic heterocycles. The first-order valence-electron chi connectivity index (χ1n) is 4.70. The van der Waals surface area contributed by atoms with Crippen molar-refractivity contribution in [3.05, 3.63) is 0 Å². The van der Waals surface area contributed by atoms with Gasteiger partial charge in [-0.25, -0.2) is 0 Å². The number of rotatable bonds is 7. The van der Waals surface area contributed by atoms with Gasteiger partial charge in [-0.3, -0.25) is 4.79 Å². The molecule has 78 valence electrons. The molecule has 0 heterocycles. The third kappa shape index (κ3) is 6.05. The Morgan fingerprint density at radius 2 is 2.15 bits per heavy atom. The van der Waals surface area contributed by atoms with Gasteiger partial charge in [0.2, 0.25) is 5.91 Å². The highest BCUT2D eigenvalue weighted by Gasteiger charge is 2.09. The van der Waals surface area contributed by atoms with Crippen LogP contribution in [0, 0.1) is 0 Å². The van der Waals surface area contributed by atoms with Crippen molar-refractivity contribution in [2.45, 2.75) is 26.2 Å². The summed E-state index contributed by atoms with van der Waals surface area (Å²) in [6, 6.07) is 0. The number of unbranched alkanes of at least 4 members (excludes halogenated alkanes) is 1. The molecule has 0 radical (unpaired) electrons. The summed E-state index contributed by atoms with van der Waals surface area (Å²) >= 11 is 3.32. The normalized spacial score (nSPS) is 10.1. The van der Waals surface area contributed by atoms with Crippen molar-refractivity contribution >= 4 is 21.8 Å². The number of carbonyl (C=O) groups is 1. The summed E-state index contributed by atoms with van der Waals surface area (Å²) < 4.78 is 0. The lowest BCUT2D eigenvalue weighted by Crippen LogP contribution is -2.33. The van der Waals surface area contributed by atoms with Crippen molar-refractivity contribution in [3.63, 3.8) is 0 Å². The molecular weight excluding hydrogens is 234 g/mol. The van der Waals surface area contributed by atoms with Gasteiger partial charge in [-0.2, -0.15) is 0 Å². The highest BCUT2D eigenvalue weighted by molar-refractivity contribution is 9.09. The summed E-state index contributed by atoms with van der Waals surface area (Å²) in [4.78, 5) is 13.1. The van der Waals surface area contributed by atoms with E-state index >= 15 is 0 Å². The molecule has 0 rings (SSSR count). The molecule has 0 aliphatic carbocycles. The Labute approximate surface area is 88.2 Å². The second-order valence-electron chi connectivity index (χ2n) is 2.84. The zero-order chi connectivity index (χ0) is 10.1. The van der Waals surface area contributed by atoms with E-state index in [9.17, 15) is 4.79 Å². The Kier molecular flexibility index (Phi) is 8.45. The van der Waals surface area contributed by atoms with Gasteiger partial charge in [-0.15, -0.1) is 0 Å². The van der Waals surface area contributed by atoms with Gasteiger partial charge < -0.3 is 10.0 Å². The first-order chi connectivity index (χ1) is 6.26. The van der Waals surface area contributed by atoms with Crippen molar-refractivity contribution in [2.75, 3.05) is 25.0 Å². The quantitative estimate of drug-likeness (QED) is 0.549. The predicted octanol–water partition coefficient (Wildman–Crippen LogP) is 1.39. The molecule has 0 aromatic heterocycles. The number of aliphatic hydroxyl groups is 1. The molecule has 0 fully saturated rings. The predicted molar refractivity (Wildman–Crippen MR) is 57.0 cm³/mol. The van der Waals surface area contributed by atoms with E-state index in [4.69, 9.17) is 5.11 Å². The Hall–Kier alpha value is -0.0900. The van der Waals surface area contributed by atoms with Crippen LogP contribution in [0.15, 0.2) is 0 Å². The molecular formula is C9H18BrNO2. The average molecular weight is 252 g/mol. The minimum Gasteiger partial charge on any atom is -0.395 e. The lowest BCUT2D eigenvalue weighted by molar-refractivity contribution is -0.131. The van der Waals surface area contributed by atoms with Gasteiger partial charge in [0, 0.05) is 24.8 Å². The maximum Gasteiger partial charge on any atom is 0.222 e. The Balaban J connectivity index is 3.64. The average Bonchev–Trinajstić information content (AvgIpc) is 2.14. The van der Waals surface area contributed by atoms with E-state index in [1.54, 1.807) is 4.90 Å². The number of hydrogen-bond acceptors (Lipinski definition) is 2. The molecule has 0 unspecified atom stereocenters. The first kappa shape index (κ1) is 12.9. The van der Waals surface area contributed by atoms with Crippen molar-refractivity contribution in [1.82, 2.24) is 4.90 Å². The van der Waals surface area contributed by atoms with Crippen molar-refractivity contribution in [1.29, 1.82) is 0 Å². The summed E-state index contributed by atoms with van der Waals surface area (Å²) in [6.07, 6.45) is 2.55. The van der Waals surface area contributed by atoms with Gasteiger partial charge in [-0.1, -0.05) is 15.9 Å². The van der Waals surface area contributed by atoms with Gasteiger partial charge >= 0.3 is 0 Å². The van der Waals surface area contributed by atoms with Crippen LogP contribution in [0.4, 0.5) is 0 Å². The van der Waals surface area contributed by atoms with E-state index in [0.717, 1.165) is 18.2 Å². The summed E-state index contributed by atoms with van der Waals surface area (Å²) in [5.41, 5.74) is 0. The van der Waals surface area contributed by atoms with Gasteiger partial charge in [0.15, 0.2) is 0 Å². The number of halogens is 1. The van der Waals surface area contributed by atoms with Gasteiger partial charge in [0.25, 0.3) is 0 Å². The van der Waals surface area contributed by atoms with Gasteiger partial charge in [0.05, 0.1) is 6.61 Å². The standard InChI is InChI=1S/C9H18BrNO2/c1-2-11(7-8-12)9(13)5-3-4-6-10/h12H,2-8H2,1H3. The summed E-state index contributed by atoms with van der Waals surface area (Å²) in [5.74, 6) is 0.150. The second-order valence-corrected chi connectivity index (χ2v) is 3.64. The van der Waals surface area contributed by atoms with Crippen LogP contribution >= 0.6 is 15.9 Å². The summed E-state index contributed by atoms with van der Waals surface area (Å²) in [5, 5.41) is 9.64. The fourth-order valence-electron chi connectivity index (χ4n) is 1.11. The van der Waals surface area contributed by atoms with Crippen LogP contribution in [0.25, 0.3) is 0 Å². The molecule has 1 amide bonds. The van der Waals surface area contributed by atoms with Crippen LogP contribution in [-0.4, -0.2) is 40.9 Å². The molecule has 0 aromatic rings. The molecule has 3 nitrogen and oxygen atoms in total. The van der Waals surface area contributed by atoms with Crippen molar-refractivity contribution in [2.24, 2.45) is 0 Å². The molecule has 0 saturated carbocycles. The smallest absolute Gasteiger partial charge is 0.222 e. The van der Waals surface area contributed by atoms with E-state index in [1.165, 1.54) is 0 Å². The fraction of sp³-hybridized carbons (Fsp3) is 0.889. The second kappa shape index (κ2) is 8.51. The van der Waals surface area contributed by atoms with Crippen molar-refractivity contribution in [3.8, 4) is 0 Å². The maximum atomic E-state index is 11.4. The van der Waals surface area contributed by atoms with Crippen LogP contribution in [0.1, 0.15) is 26.2 Å². The zero-order valence-electron chi connectivity index (χ0n) is 8.13. The third-order valence-corrected chi connectivity index (χ3v) is 2.44. The van der Waals surface area contributed by atoms with Crippen LogP contribution in [0.5, 0.6) is 0 Å². The largest absolute Gasteiger partial charge is 0.395 e. The topological polar surface area (TPSA) is 40.5 Å². The Morgan fingerprint density at radius 3 is 2.62 bits per heavy atom. The Morgan fingerprint density at radius 1 is 1.46 bits per heavy atom. The minimum absolute atomic E-state index is 0.0536. The summed E-state index contributed by atoms with van der Waals surface area (Å²) in [7, 11) is 0. The highest BCUT2D eigenvalue weighted by atomic mass is 79.9. The molecule has 0 bridgehead atoms. The first-order valence-corrected chi connectivity index (χ1v) is 5.83. The third-order valence-electron chi connectivity index (χ3n) is 1.88. The monoisotopic (exact) mass is 251 g/mol. The number of hydrogen-bond donors (Lipinski definition) is 1. The number of nitrogens with zero attached hydrogens (tertiary/aromatic N) is 1. The lowest BCUT2D eigenvalue weighted by Gasteiger charge is -2.19. The number of aliphatic hydroxyl groups excluding tert-OH is 1. The van der Waals surface area contributed by atoms with Crippen LogP contribution in [0.2, 0.25) is 0 Å². The van der Waals surface area contributed by atoms with Crippen LogP contribution in [-0.2, 0) is 4.79 Å². The number of amides is 1. The van der Waals surface area contributed by atoms with E-state index in [2.05, 4.69) is 15.9 Å². The molecule has 13 heavy (non-hydrogen) atoms. The molecule has 0 aliphatic rings. The molecule has 0 atom stereocenters. The van der Waals surface area contributed by atoms with Crippen LogP contribution in [0.3, 0.4) is 0 Å². The zero-order valence-corrected chi connectivity index (χ0v) is 9.72. The van der Waals surface area contributed by atoms with Gasteiger partial charge in [0.1, 0.15) is 0 Å². The molecule has 0 aromatic carbocycles. The fourth-order valence-corrected chi connectivity index (χ4v) is 1.51. The SMILES string of the molecule is CCN(CCO)C(=O)CCCCBr. The minimum atomic E-state index is 0.0536. The molecule has 0 spiro atoms. The van der Waals surface area contributed by atoms with E-state index in [0.29, 0.717) is 19.5 Å². The van der Waals surface area contributed by atoms with E-state index < -0.39 is 0 Å². The van der Waals surface area contributed by atoms with Gasteiger partial charge in [-0.05, 0) is 19.8 Å². The van der Waals surface area contributed by atoms with E-state index in [-0.39, 0.29) is 12.5 Å². The van der Waals surface area contributed by atoms with E-state index in [1.807, 2.05) is 6.92 Å². The lowest BCUT2D eigenvalue weighted by atomic mass is 10.2.